The third-order valence-corrected chi connectivity index (χ3v) is 4.89. The molecule has 0 spiro atoms. The van der Waals surface area contributed by atoms with Crippen molar-refractivity contribution in [3.63, 3.8) is 0 Å². The standard InChI is InChI=1S/C23H30N2O2/c1-17(2)19-11-10-18(3)16-22(19)27-15-7-6-13-25-21-9-5-4-8-20(21)24-23(25)12-14-26/h4-5,8-11,16-17,26H,6-7,12-15H2,1-3H3. The highest BCUT2D eigenvalue weighted by Crippen LogP contribution is 2.27. The van der Waals surface area contributed by atoms with E-state index in [2.05, 4.69) is 54.6 Å². The minimum atomic E-state index is 0.123. The summed E-state index contributed by atoms with van der Waals surface area (Å²) in [5.41, 5.74) is 4.64. The lowest BCUT2D eigenvalue weighted by molar-refractivity contribution is 0.291. The number of hydrogen-bond acceptors (Lipinski definition) is 3. The number of aliphatic hydroxyl groups excluding tert-OH is 1. The third kappa shape index (κ3) is 4.69. The van der Waals surface area contributed by atoms with Crippen LogP contribution in [0.5, 0.6) is 5.75 Å². The first-order chi connectivity index (χ1) is 13.1. The molecule has 0 amide bonds. The monoisotopic (exact) mass is 366 g/mol. The Morgan fingerprint density at radius 2 is 1.93 bits per heavy atom. The van der Waals surface area contributed by atoms with Crippen LogP contribution in [0.15, 0.2) is 42.5 Å². The number of fused-ring (bicyclic) bond motifs is 1. The number of ether oxygens (including phenoxy) is 1. The molecule has 0 saturated heterocycles. The zero-order chi connectivity index (χ0) is 19.2. The summed E-state index contributed by atoms with van der Waals surface area (Å²) in [4.78, 5) is 4.66. The number of benzene rings is 2. The number of nitrogens with zero attached hydrogens (tertiary/aromatic N) is 2. The molecule has 0 aliphatic heterocycles. The molecular weight excluding hydrogens is 336 g/mol. The van der Waals surface area contributed by atoms with Crippen LogP contribution in [0.3, 0.4) is 0 Å². The van der Waals surface area contributed by atoms with E-state index in [1.165, 1.54) is 11.1 Å². The highest BCUT2D eigenvalue weighted by Gasteiger charge is 2.10. The maximum Gasteiger partial charge on any atom is 0.122 e. The van der Waals surface area contributed by atoms with Gasteiger partial charge in [0.2, 0.25) is 0 Å². The highest BCUT2D eigenvalue weighted by atomic mass is 16.5. The number of unbranched alkanes of at least 4 members (excludes halogenated alkanes) is 1. The molecule has 0 fully saturated rings. The molecule has 144 valence electrons. The summed E-state index contributed by atoms with van der Waals surface area (Å²) in [7, 11) is 0. The molecular formula is C23H30N2O2. The number of aromatic nitrogens is 2. The summed E-state index contributed by atoms with van der Waals surface area (Å²) in [5, 5.41) is 9.32. The first-order valence-corrected chi connectivity index (χ1v) is 9.88. The molecule has 3 rings (SSSR count). The largest absolute Gasteiger partial charge is 0.493 e. The fourth-order valence-corrected chi connectivity index (χ4v) is 3.46. The molecule has 4 nitrogen and oxygen atoms in total. The van der Waals surface area contributed by atoms with Crippen molar-refractivity contribution in [2.75, 3.05) is 13.2 Å². The van der Waals surface area contributed by atoms with Crippen molar-refractivity contribution in [2.24, 2.45) is 0 Å². The van der Waals surface area contributed by atoms with E-state index >= 15 is 0 Å². The Labute approximate surface area is 161 Å². The van der Waals surface area contributed by atoms with Crippen LogP contribution in [-0.2, 0) is 13.0 Å². The second kappa shape index (κ2) is 9.05. The molecule has 27 heavy (non-hydrogen) atoms. The number of imidazole rings is 1. The minimum Gasteiger partial charge on any atom is -0.493 e. The predicted molar refractivity (Wildman–Crippen MR) is 111 cm³/mol. The van der Waals surface area contributed by atoms with E-state index in [1.54, 1.807) is 0 Å². The lowest BCUT2D eigenvalue weighted by Crippen LogP contribution is -2.08. The Bertz CT molecular complexity index is 883. The van der Waals surface area contributed by atoms with Crippen LogP contribution >= 0.6 is 0 Å². The van der Waals surface area contributed by atoms with Gasteiger partial charge in [-0.05, 0) is 55.0 Å². The van der Waals surface area contributed by atoms with Gasteiger partial charge < -0.3 is 14.4 Å². The highest BCUT2D eigenvalue weighted by molar-refractivity contribution is 5.75. The molecule has 0 aliphatic carbocycles. The van der Waals surface area contributed by atoms with Crippen LogP contribution in [0, 0.1) is 6.92 Å². The van der Waals surface area contributed by atoms with Crippen molar-refractivity contribution < 1.29 is 9.84 Å². The van der Waals surface area contributed by atoms with Crippen molar-refractivity contribution in [1.82, 2.24) is 9.55 Å². The maximum atomic E-state index is 9.32. The predicted octanol–water partition coefficient (Wildman–Crippen LogP) is 4.86. The van der Waals surface area contributed by atoms with Crippen molar-refractivity contribution in [1.29, 1.82) is 0 Å². The van der Waals surface area contributed by atoms with E-state index in [0.29, 0.717) is 18.9 Å². The van der Waals surface area contributed by atoms with E-state index < -0.39 is 0 Å². The summed E-state index contributed by atoms with van der Waals surface area (Å²) < 4.78 is 8.33. The molecule has 0 bridgehead atoms. The third-order valence-electron chi connectivity index (χ3n) is 4.89. The van der Waals surface area contributed by atoms with E-state index in [-0.39, 0.29) is 6.61 Å². The zero-order valence-electron chi connectivity index (χ0n) is 16.6. The van der Waals surface area contributed by atoms with E-state index in [4.69, 9.17) is 4.74 Å². The first-order valence-electron chi connectivity index (χ1n) is 9.88. The van der Waals surface area contributed by atoms with E-state index in [9.17, 15) is 5.11 Å². The molecule has 0 atom stereocenters. The summed E-state index contributed by atoms with van der Waals surface area (Å²) >= 11 is 0. The molecule has 3 aromatic rings. The van der Waals surface area contributed by atoms with Gasteiger partial charge in [-0.25, -0.2) is 4.98 Å². The molecule has 1 N–H and O–H groups in total. The number of aliphatic hydroxyl groups is 1. The molecule has 0 saturated carbocycles. The summed E-state index contributed by atoms with van der Waals surface area (Å²) in [5.74, 6) is 2.43. The fourth-order valence-electron chi connectivity index (χ4n) is 3.46. The summed E-state index contributed by atoms with van der Waals surface area (Å²) in [6, 6.07) is 14.6. The van der Waals surface area contributed by atoms with E-state index in [0.717, 1.165) is 42.0 Å². The Morgan fingerprint density at radius 3 is 2.70 bits per heavy atom. The van der Waals surface area contributed by atoms with Gasteiger partial charge in [0.1, 0.15) is 11.6 Å². The molecule has 1 heterocycles. The van der Waals surface area contributed by atoms with Gasteiger partial charge in [0, 0.05) is 13.0 Å². The van der Waals surface area contributed by atoms with Crippen molar-refractivity contribution in [3.8, 4) is 5.75 Å². The second-order valence-corrected chi connectivity index (χ2v) is 7.39. The molecule has 0 aliphatic rings. The minimum absolute atomic E-state index is 0.123. The number of aryl methyl sites for hydroxylation is 2. The second-order valence-electron chi connectivity index (χ2n) is 7.39. The van der Waals surface area contributed by atoms with Crippen LogP contribution in [0.4, 0.5) is 0 Å². The van der Waals surface area contributed by atoms with Gasteiger partial charge in [0.05, 0.1) is 24.2 Å². The van der Waals surface area contributed by atoms with Crippen LogP contribution < -0.4 is 4.74 Å². The Kier molecular flexibility index (Phi) is 6.51. The average Bonchev–Trinajstić information content (AvgIpc) is 2.99. The van der Waals surface area contributed by atoms with Crippen molar-refractivity contribution >= 4 is 11.0 Å². The van der Waals surface area contributed by atoms with Crippen LogP contribution in [0.2, 0.25) is 0 Å². The van der Waals surface area contributed by atoms with Gasteiger partial charge in [-0.3, -0.25) is 0 Å². The van der Waals surface area contributed by atoms with Crippen LogP contribution in [0.1, 0.15) is 49.6 Å². The SMILES string of the molecule is Cc1ccc(C(C)C)c(OCCCCn2c(CCO)nc3ccccc32)c1. The molecule has 4 heteroatoms. The van der Waals surface area contributed by atoms with Crippen molar-refractivity contribution in [3.05, 3.63) is 59.4 Å². The topological polar surface area (TPSA) is 47.3 Å². The maximum absolute atomic E-state index is 9.32. The van der Waals surface area contributed by atoms with E-state index in [1.807, 2.05) is 18.2 Å². The first kappa shape index (κ1) is 19.4. The smallest absolute Gasteiger partial charge is 0.122 e. The zero-order valence-corrected chi connectivity index (χ0v) is 16.6. The normalized spacial score (nSPS) is 11.4. The van der Waals surface area contributed by atoms with Gasteiger partial charge >= 0.3 is 0 Å². The van der Waals surface area contributed by atoms with Gasteiger partial charge in [-0.2, -0.15) is 0 Å². The van der Waals surface area contributed by atoms with Gasteiger partial charge in [-0.15, -0.1) is 0 Å². The molecule has 1 aromatic heterocycles. The molecule has 0 radical (unpaired) electrons. The number of para-hydroxylation sites is 2. The lowest BCUT2D eigenvalue weighted by Gasteiger charge is -2.15. The van der Waals surface area contributed by atoms with Crippen LogP contribution in [0.25, 0.3) is 11.0 Å². The molecule has 2 aromatic carbocycles. The Hall–Kier alpha value is -2.33. The quantitative estimate of drug-likeness (QED) is 0.550. The average molecular weight is 367 g/mol. The van der Waals surface area contributed by atoms with Gasteiger partial charge in [0.15, 0.2) is 0 Å². The van der Waals surface area contributed by atoms with Crippen molar-refractivity contribution in [2.45, 2.75) is 52.5 Å². The molecule has 0 unspecified atom stereocenters. The Balaban J connectivity index is 1.59. The Morgan fingerprint density at radius 1 is 1.11 bits per heavy atom. The number of rotatable bonds is 9. The lowest BCUT2D eigenvalue weighted by atomic mass is 10.0. The van der Waals surface area contributed by atoms with Gasteiger partial charge in [0.25, 0.3) is 0 Å². The summed E-state index contributed by atoms with van der Waals surface area (Å²) in [6.07, 6.45) is 2.59. The fraction of sp³-hybridized carbons (Fsp3) is 0.435. The van der Waals surface area contributed by atoms with Crippen LogP contribution in [-0.4, -0.2) is 27.9 Å². The van der Waals surface area contributed by atoms with Gasteiger partial charge in [-0.1, -0.05) is 38.1 Å². The number of hydrogen-bond donors (Lipinski definition) is 1. The summed E-state index contributed by atoms with van der Waals surface area (Å²) in [6.45, 7) is 8.23.